The van der Waals surface area contributed by atoms with Crippen LogP contribution in [0.5, 0.6) is 0 Å². The number of aryl methyl sites for hydroxylation is 1. The molecule has 0 aliphatic carbocycles. The molecule has 2 heterocycles. The first-order chi connectivity index (χ1) is 8.10. The molecule has 92 valence electrons. The molecule has 1 amide bonds. The molecule has 1 aliphatic heterocycles. The summed E-state index contributed by atoms with van der Waals surface area (Å²) in [4.78, 5) is 16.4. The predicted octanol–water partition coefficient (Wildman–Crippen LogP) is 1.72. The summed E-state index contributed by atoms with van der Waals surface area (Å²) in [5.41, 5.74) is 1.42. The number of amides is 1. The van der Waals surface area contributed by atoms with Gasteiger partial charge in [-0.3, -0.25) is 9.78 Å². The van der Waals surface area contributed by atoms with E-state index in [-0.39, 0.29) is 11.3 Å². The summed E-state index contributed by atoms with van der Waals surface area (Å²) in [5.74, 6) is 0.0790. The van der Waals surface area contributed by atoms with Gasteiger partial charge in [0.25, 0.3) is 0 Å². The van der Waals surface area contributed by atoms with Gasteiger partial charge in [-0.2, -0.15) is 0 Å². The molecule has 0 saturated carbocycles. The summed E-state index contributed by atoms with van der Waals surface area (Å²) < 4.78 is 0. The molecule has 1 aliphatic rings. The maximum Gasteiger partial charge on any atom is 0.231 e. The summed E-state index contributed by atoms with van der Waals surface area (Å²) in [6.45, 7) is 5.70. The van der Waals surface area contributed by atoms with Gasteiger partial charge >= 0.3 is 0 Å². The van der Waals surface area contributed by atoms with Crippen LogP contribution >= 0.6 is 0 Å². The fourth-order valence-electron chi connectivity index (χ4n) is 2.07. The highest BCUT2D eigenvalue weighted by atomic mass is 16.2. The number of hydrogen-bond acceptors (Lipinski definition) is 3. The van der Waals surface area contributed by atoms with E-state index >= 15 is 0 Å². The number of piperidine rings is 1. The van der Waals surface area contributed by atoms with Crippen LogP contribution in [0.15, 0.2) is 18.3 Å². The Hall–Kier alpha value is -1.42. The molecule has 1 atom stereocenters. The molecule has 4 heteroatoms. The average Bonchev–Trinajstić information content (AvgIpc) is 2.33. The lowest BCUT2D eigenvalue weighted by Gasteiger charge is -2.32. The van der Waals surface area contributed by atoms with Crippen LogP contribution in [0.4, 0.5) is 5.69 Å². The molecule has 0 bridgehead atoms. The van der Waals surface area contributed by atoms with Gasteiger partial charge in [0, 0.05) is 12.2 Å². The molecule has 1 unspecified atom stereocenters. The van der Waals surface area contributed by atoms with E-state index in [1.165, 1.54) is 0 Å². The first-order valence-electron chi connectivity index (χ1n) is 6.05. The summed E-state index contributed by atoms with van der Waals surface area (Å²) in [6.07, 6.45) is 3.69. The maximum atomic E-state index is 12.2. The Labute approximate surface area is 102 Å². The summed E-state index contributed by atoms with van der Waals surface area (Å²) >= 11 is 0. The Morgan fingerprint density at radius 2 is 2.35 bits per heavy atom. The SMILES string of the molecule is Cc1ccc(NC(=O)C2(C)CCCNC2)cn1. The van der Waals surface area contributed by atoms with Crippen molar-refractivity contribution in [2.24, 2.45) is 5.41 Å². The zero-order chi connectivity index (χ0) is 12.3. The van der Waals surface area contributed by atoms with Crippen LogP contribution < -0.4 is 10.6 Å². The zero-order valence-electron chi connectivity index (χ0n) is 10.4. The second-order valence-electron chi connectivity index (χ2n) is 4.98. The van der Waals surface area contributed by atoms with Crippen LogP contribution in [-0.4, -0.2) is 24.0 Å². The van der Waals surface area contributed by atoms with Crippen molar-refractivity contribution in [3.05, 3.63) is 24.0 Å². The van der Waals surface area contributed by atoms with Gasteiger partial charge in [-0.05, 0) is 45.4 Å². The molecule has 17 heavy (non-hydrogen) atoms. The minimum atomic E-state index is -0.302. The molecule has 1 fully saturated rings. The highest BCUT2D eigenvalue weighted by molar-refractivity contribution is 5.95. The molecule has 0 radical (unpaired) electrons. The van der Waals surface area contributed by atoms with E-state index in [0.29, 0.717) is 0 Å². The van der Waals surface area contributed by atoms with Crippen molar-refractivity contribution in [1.82, 2.24) is 10.3 Å². The van der Waals surface area contributed by atoms with Crippen LogP contribution in [0.1, 0.15) is 25.5 Å². The highest BCUT2D eigenvalue weighted by Crippen LogP contribution is 2.27. The highest BCUT2D eigenvalue weighted by Gasteiger charge is 2.34. The Balaban J connectivity index is 2.03. The van der Waals surface area contributed by atoms with Crippen molar-refractivity contribution in [3.8, 4) is 0 Å². The number of aromatic nitrogens is 1. The van der Waals surface area contributed by atoms with Crippen molar-refractivity contribution in [3.63, 3.8) is 0 Å². The fraction of sp³-hybridized carbons (Fsp3) is 0.538. The lowest BCUT2D eigenvalue weighted by Crippen LogP contribution is -2.46. The third kappa shape index (κ3) is 2.82. The largest absolute Gasteiger partial charge is 0.324 e. The number of carbonyl (C=O) groups is 1. The van der Waals surface area contributed by atoms with Crippen molar-refractivity contribution < 1.29 is 4.79 Å². The fourth-order valence-corrected chi connectivity index (χ4v) is 2.07. The van der Waals surface area contributed by atoms with Crippen LogP contribution in [0, 0.1) is 12.3 Å². The van der Waals surface area contributed by atoms with E-state index in [1.807, 2.05) is 26.0 Å². The summed E-state index contributed by atoms with van der Waals surface area (Å²) in [6, 6.07) is 3.79. The summed E-state index contributed by atoms with van der Waals surface area (Å²) in [7, 11) is 0. The standard InChI is InChI=1S/C13H19N3O/c1-10-4-5-11(8-15-10)16-12(17)13(2)6-3-7-14-9-13/h4-5,8,14H,3,6-7,9H2,1-2H3,(H,16,17). The normalized spacial score (nSPS) is 24.4. The van der Waals surface area contributed by atoms with E-state index in [4.69, 9.17) is 0 Å². The van der Waals surface area contributed by atoms with E-state index < -0.39 is 0 Å². The number of nitrogens with one attached hydrogen (secondary N) is 2. The lowest BCUT2D eigenvalue weighted by atomic mass is 9.82. The van der Waals surface area contributed by atoms with Gasteiger partial charge in [-0.15, -0.1) is 0 Å². The lowest BCUT2D eigenvalue weighted by molar-refractivity contribution is -0.125. The molecule has 1 aromatic rings. The van der Waals surface area contributed by atoms with Crippen molar-refractivity contribution in [1.29, 1.82) is 0 Å². The van der Waals surface area contributed by atoms with Gasteiger partial charge in [-0.25, -0.2) is 0 Å². The quantitative estimate of drug-likeness (QED) is 0.817. The van der Waals surface area contributed by atoms with Crippen LogP contribution in [0.25, 0.3) is 0 Å². The molecular weight excluding hydrogens is 214 g/mol. The Bertz CT molecular complexity index is 394. The van der Waals surface area contributed by atoms with Crippen LogP contribution in [0.3, 0.4) is 0 Å². The topological polar surface area (TPSA) is 54.0 Å². The number of rotatable bonds is 2. The first kappa shape index (κ1) is 12.0. The molecule has 1 aromatic heterocycles. The number of nitrogens with zero attached hydrogens (tertiary/aromatic N) is 1. The Kier molecular flexibility index (Phi) is 3.43. The molecule has 4 nitrogen and oxygen atoms in total. The van der Waals surface area contributed by atoms with E-state index in [1.54, 1.807) is 6.20 Å². The molecule has 0 aromatic carbocycles. The zero-order valence-corrected chi connectivity index (χ0v) is 10.4. The Morgan fingerprint density at radius 1 is 1.53 bits per heavy atom. The van der Waals surface area contributed by atoms with E-state index in [9.17, 15) is 4.79 Å². The van der Waals surface area contributed by atoms with Crippen molar-refractivity contribution in [2.75, 3.05) is 18.4 Å². The molecule has 2 rings (SSSR count). The van der Waals surface area contributed by atoms with Gasteiger partial charge in [0.05, 0.1) is 17.3 Å². The predicted molar refractivity (Wildman–Crippen MR) is 67.8 cm³/mol. The Morgan fingerprint density at radius 3 is 2.94 bits per heavy atom. The number of pyridine rings is 1. The maximum absolute atomic E-state index is 12.2. The van der Waals surface area contributed by atoms with Crippen molar-refractivity contribution in [2.45, 2.75) is 26.7 Å². The smallest absolute Gasteiger partial charge is 0.231 e. The van der Waals surface area contributed by atoms with Gasteiger partial charge in [-0.1, -0.05) is 0 Å². The third-order valence-corrected chi connectivity index (χ3v) is 3.31. The van der Waals surface area contributed by atoms with Gasteiger partial charge in [0.2, 0.25) is 5.91 Å². The van der Waals surface area contributed by atoms with Gasteiger partial charge < -0.3 is 10.6 Å². The minimum Gasteiger partial charge on any atom is -0.324 e. The monoisotopic (exact) mass is 233 g/mol. The third-order valence-electron chi connectivity index (χ3n) is 3.31. The average molecular weight is 233 g/mol. The van der Waals surface area contributed by atoms with Crippen molar-refractivity contribution >= 4 is 11.6 Å². The number of anilines is 1. The second kappa shape index (κ2) is 4.84. The van der Waals surface area contributed by atoms with E-state index in [2.05, 4.69) is 15.6 Å². The molecular formula is C13H19N3O. The van der Waals surface area contributed by atoms with Gasteiger partial charge in [0.1, 0.15) is 0 Å². The second-order valence-corrected chi connectivity index (χ2v) is 4.98. The minimum absolute atomic E-state index is 0.0790. The van der Waals surface area contributed by atoms with Gasteiger partial charge in [0.15, 0.2) is 0 Å². The molecule has 0 spiro atoms. The van der Waals surface area contributed by atoms with E-state index in [0.717, 1.165) is 37.3 Å². The molecule has 1 saturated heterocycles. The first-order valence-corrected chi connectivity index (χ1v) is 6.05. The summed E-state index contributed by atoms with van der Waals surface area (Å²) in [5, 5.41) is 6.21. The number of carbonyl (C=O) groups excluding carboxylic acids is 1. The molecule has 2 N–H and O–H groups in total. The van der Waals surface area contributed by atoms with Crippen LogP contribution in [-0.2, 0) is 4.79 Å². The number of hydrogen-bond donors (Lipinski definition) is 2. The van der Waals surface area contributed by atoms with Crippen LogP contribution in [0.2, 0.25) is 0 Å².